The summed E-state index contributed by atoms with van der Waals surface area (Å²) in [5.41, 5.74) is 2.94. The fourth-order valence-corrected chi connectivity index (χ4v) is 4.17. The minimum absolute atomic E-state index is 0.138. The maximum Gasteiger partial charge on any atom is 0.217 e. The molecule has 0 spiro atoms. The molecular weight excluding hydrogens is 458 g/mol. The molecule has 0 bridgehead atoms. The molecule has 1 aliphatic rings. The van der Waals surface area contributed by atoms with Crippen LogP contribution in [-0.4, -0.2) is 48.3 Å². The van der Waals surface area contributed by atoms with Gasteiger partial charge in [0, 0.05) is 6.92 Å². The van der Waals surface area contributed by atoms with E-state index >= 15 is 0 Å². The SMILES string of the molecule is CC(=O)N[C@@H]1[C@H](OCc2ccccc2)OC(COCc2ccccc2)[C@@H](O)[C@@H]1OCc1ccccc1. The normalized spacial score (nSPS) is 23.8. The van der Waals surface area contributed by atoms with Crippen LogP contribution in [0.25, 0.3) is 0 Å². The summed E-state index contributed by atoms with van der Waals surface area (Å²) >= 11 is 0. The minimum Gasteiger partial charge on any atom is -0.388 e. The predicted octanol–water partition coefficient (Wildman–Crippen LogP) is 3.60. The van der Waals surface area contributed by atoms with Gasteiger partial charge in [0.1, 0.15) is 24.4 Å². The number of nitrogens with one attached hydrogen (secondary N) is 1. The maximum atomic E-state index is 12.1. The molecule has 1 amide bonds. The number of hydrogen-bond acceptors (Lipinski definition) is 6. The maximum absolute atomic E-state index is 12.1. The van der Waals surface area contributed by atoms with Gasteiger partial charge in [-0.05, 0) is 16.7 Å². The third kappa shape index (κ3) is 7.46. The van der Waals surface area contributed by atoms with Crippen molar-refractivity contribution in [2.45, 2.75) is 57.4 Å². The molecule has 3 aromatic carbocycles. The number of ether oxygens (including phenoxy) is 4. The van der Waals surface area contributed by atoms with Crippen LogP contribution >= 0.6 is 0 Å². The lowest BCUT2D eigenvalue weighted by atomic mass is 9.96. The quantitative estimate of drug-likeness (QED) is 0.426. The second kappa shape index (κ2) is 13.3. The van der Waals surface area contributed by atoms with E-state index in [0.717, 1.165) is 16.7 Å². The summed E-state index contributed by atoms with van der Waals surface area (Å²) in [6.07, 6.45) is -3.37. The van der Waals surface area contributed by atoms with E-state index in [1.54, 1.807) is 0 Å². The number of carbonyl (C=O) groups excluding carboxylic acids is 1. The first-order valence-corrected chi connectivity index (χ1v) is 12.1. The summed E-state index contributed by atoms with van der Waals surface area (Å²) in [7, 11) is 0. The summed E-state index contributed by atoms with van der Waals surface area (Å²) in [6.45, 7) is 2.49. The van der Waals surface area contributed by atoms with Gasteiger partial charge >= 0.3 is 0 Å². The molecule has 3 aromatic rings. The average Bonchev–Trinajstić information content (AvgIpc) is 2.90. The van der Waals surface area contributed by atoms with E-state index < -0.39 is 30.6 Å². The zero-order valence-corrected chi connectivity index (χ0v) is 20.4. The fourth-order valence-electron chi connectivity index (χ4n) is 4.17. The molecule has 2 N–H and O–H groups in total. The summed E-state index contributed by atoms with van der Waals surface area (Å²) in [6, 6.07) is 28.5. The highest BCUT2D eigenvalue weighted by molar-refractivity contribution is 5.73. The van der Waals surface area contributed by atoms with Crippen LogP contribution in [0.5, 0.6) is 0 Å². The monoisotopic (exact) mass is 491 g/mol. The Hall–Kier alpha value is -3.07. The zero-order chi connectivity index (χ0) is 25.2. The van der Waals surface area contributed by atoms with Crippen molar-refractivity contribution >= 4 is 5.91 Å². The Kier molecular flexibility index (Phi) is 9.61. The van der Waals surface area contributed by atoms with E-state index in [9.17, 15) is 9.90 Å². The van der Waals surface area contributed by atoms with Crippen LogP contribution in [0.2, 0.25) is 0 Å². The number of aliphatic hydroxyl groups excluding tert-OH is 1. The lowest BCUT2D eigenvalue weighted by Gasteiger charge is -2.44. The molecule has 1 saturated heterocycles. The Morgan fingerprint density at radius 3 is 1.83 bits per heavy atom. The number of aliphatic hydroxyl groups is 1. The van der Waals surface area contributed by atoms with Crippen LogP contribution < -0.4 is 5.32 Å². The molecule has 0 saturated carbocycles. The van der Waals surface area contributed by atoms with Crippen molar-refractivity contribution < 1.29 is 28.8 Å². The van der Waals surface area contributed by atoms with Crippen LogP contribution in [-0.2, 0) is 43.6 Å². The lowest BCUT2D eigenvalue weighted by molar-refractivity contribution is -0.284. The molecule has 5 atom stereocenters. The highest BCUT2D eigenvalue weighted by Crippen LogP contribution is 2.27. The van der Waals surface area contributed by atoms with Gasteiger partial charge in [-0.1, -0.05) is 91.0 Å². The van der Waals surface area contributed by atoms with Crippen molar-refractivity contribution in [3.05, 3.63) is 108 Å². The van der Waals surface area contributed by atoms with Crippen molar-refractivity contribution in [3.63, 3.8) is 0 Å². The summed E-state index contributed by atoms with van der Waals surface area (Å²) in [4.78, 5) is 12.1. The Morgan fingerprint density at radius 2 is 1.31 bits per heavy atom. The molecule has 7 nitrogen and oxygen atoms in total. The van der Waals surface area contributed by atoms with E-state index in [4.69, 9.17) is 18.9 Å². The topological polar surface area (TPSA) is 86.3 Å². The van der Waals surface area contributed by atoms with Gasteiger partial charge in [-0.3, -0.25) is 4.79 Å². The molecule has 7 heteroatoms. The predicted molar refractivity (Wildman–Crippen MR) is 135 cm³/mol. The molecule has 0 aromatic heterocycles. The molecule has 0 radical (unpaired) electrons. The Balaban J connectivity index is 1.49. The van der Waals surface area contributed by atoms with Crippen molar-refractivity contribution in [3.8, 4) is 0 Å². The Morgan fingerprint density at radius 1 is 0.806 bits per heavy atom. The van der Waals surface area contributed by atoms with E-state index in [0.29, 0.717) is 6.61 Å². The van der Waals surface area contributed by atoms with Crippen molar-refractivity contribution in [1.82, 2.24) is 5.32 Å². The third-order valence-electron chi connectivity index (χ3n) is 5.98. The second-order valence-electron chi connectivity index (χ2n) is 8.82. The first-order chi connectivity index (χ1) is 17.6. The van der Waals surface area contributed by atoms with E-state index in [1.165, 1.54) is 6.92 Å². The smallest absolute Gasteiger partial charge is 0.217 e. The van der Waals surface area contributed by atoms with Gasteiger partial charge < -0.3 is 29.4 Å². The summed E-state index contributed by atoms with van der Waals surface area (Å²) in [5.74, 6) is -0.267. The largest absolute Gasteiger partial charge is 0.388 e. The molecule has 190 valence electrons. The van der Waals surface area contributed by atoms with Crippen LogP contribution in [0.3, 0.4) is 0 Å². The number of amides is 1. The Bertz CT molecular complexity index is 1050. The molecule has 36 heavy (non-hydrogen) atoms. The summed E-state index contributed by atoms with van der Waals surface area (Å²) < 4.78 is 24.4. The lowest BCUT2D eigenvalue weighted by Crippen LogP contribution is -2.65. The summed E-state index contributed by atoms with van der Waals surface area (Å²) in [5, 5.41) is 14.1. The van der Waals surface area contributed by atoms with Crippen LogP contribution in [0.15, 0.2) is 91.0 Å². The standard InChI is InChI=1S/C29H33NO6/c1-21(31)30-26-28(34-18-23-13-7-3-8-14-23)27(32)25(20-33-17-22-11-5-2-6-12-22)36-29(26)35-19-24-15-9-4-10-16-24/h2-16,25-29,32H,17-20H2,1H3,(H,30,31)/t25?,26-,27+,28+,29+/m0/s1. The molecule has 1 heterocycles. The van der Waals surface area contributed by atoms with Gasteiger partial charge in [0.2, 0.25) is 5.91 Å². The average molecular weight is 492 g/mol. The minimum atomic E-state index is -1.04. The number of carbonyl (C=O) groups is 1. The van der Waals surface area contributed by atoms with Gasteiger partial charge in [-0.15, -0.1) is 0 Å². The van der Waals surface area contributed by atoms with E-state index in [-0.39, 0.29) is 25.7 Å². The van der Waals surface area contributed by atoms with Gasteiger partial charge in [-0.25, -0.2) is 0 Å². The first-order valence-electron chi connectivity index (χ1n) is 12.1. The van der Waals surface area contributed by atoms with Gasteiger partial charge in [0.25, 0.3) is 0 Å². The van der Waals surface area contributed by atoms with Crippen molar-refractivity contribution in [2.24, 2.45) is 0 Å². The van der Waals surface area contributed by atoms with Crippen LogP contribution in [0.4, 0.5) is 0 Å². The van der Waals surface area contributed by atoms with Gasteiger partial charge in [0.05, 0.1) is 26.4 Å². The highest BCUT2D eigenvalue weighted by Gasteiger charge is 2.47. The van der Waals surface area contributed by atoms with Crippen molar-refractivity contribution in [2.75, 3.05) is 6.61 Å². The third-order valence-corrected chi connectivity index (χ3v) is 5.98. The van der Waals surface area contributed by atoms with E-state index in [1.807, 2.05) is 91.0 Å². The molecule has 4 rings (SSSR count). The van der Waals surface area contributed by atoms with Crippen LogP contribution in [0, 0.1) is 0 Å². The van der Waals surface area contributed by atoms with E-state index in [2.05, 4.69) is 5.32 Å². The number of benzene rings is 3. The fraction of sp³-hybridized carbons (Fsp3) is 0.345. The first kappa shape index (κ1) is 26.0. The molecular formula is C29H33NO6. The van der Waals surface area contributed by atoms with Gasteiger partial charge in [0.15, 0.2) is 6.29 Å². The number of rotatable bonds is 11. The Labute approximate surface area is 212 Å². The second-order valence-corrected chi connectivity index (χ2v) is 8.82. The number of hydrogen-bond donors (Lipinski definition) is 2. The molecule has 0 aliphatic carbocycles. The zero-order valence-electron chi connectivity index (χ0n) is 20.4. The molecule has 1 unspecified atom stereocenters. The molecule has 1 fully saturated rings. The van der Waals surface area contributed by atoms with Gasteiger partial charge in [-0.2, -0.15) is 0 Å². The van der Waals surface area contributed by atoms with Crippen molar-refractivity contribution in [1.29, 1.82) is 0 Å². The van der Waals surface area contributed by atoms with Crippen LogP contribution in [0.1, 0.15) is 23.6 Å². The highest BCUT2D eigenvalue weighted by atomic mass is 16.7. The molecule has 1 aliphatic heterocycles.